The maximum absolute atomic E-state index is 10.7. The lowest BCUT2D eigenvalue weighted by Crippen LogP contribution is -2.18. The van der Waals surface area contributed by atoms with Crippen LogP contribution < -0.4 is 0 Å². The van der Waals surface area contributed by atoms with E-state index in [1.807, 2.05) is 6.07 Å². The van der Waals surface area contributed by atoms with Crippen LogP contribution in [0.1, 0.15) is 5.56 Å². The van der Waals surface area contributed by atoms with Gasteiger partial charge in [0.1, 0.15) is 0 Å². The van der Waals surface area contributed by atoms with Crippen molar-refractivity contribution in [3.63, 3.8) is 0 Å². The predicted molar refractivity (Wildman–Crippen MR) is 52.9 cm³/mol. The third-order valence-electron chi connectivity index (χ3n) is 1.80. The minimum absolute atomic E-state index is 0.0313. The summed E-state index contributed by atoms with van der Waals surface area (Å²) in [6.45, 7) is 0. The van der Waals surface area contributed by atoms with Crippen molar-refractivity contribution >= 4 is 34.5 Å². The van der Waals surface area contributed by atoms with E-state index in [1.165, 1.54) is 0 Å². The molecular formula is C9H5NO2S. The third-order valence-corrected chi connectivity index (χ3v) is 2.21. The molecule has 0 spiro atoms. The third kappa shape index (κ3) is 1.15. The highest BCUT2D eigenvalue weighted by Gasteiger charge is 2.25. The first kappa shape index (κ1) is 8.07. The van der Waals surface area contributed by atoms with Crippen molar-refractivity contribution in [2.75, 3.05) is 0 Å². The van der Waals surface area contributed by atoms with Crippen molar-refractivity contribution in [1.29, 1.82) is 0 Å². The summed E-state index contributed by atoms with van der Waals surface area (Å²) in [5, 5.41) is 8.74. The number of para-hydroxylation sites is 1. The molecule has 0 amide bonds. The van der Waals surface area contributed by atoms with Crippen molar-refractivity contribution in [2.24, 2.45) is 4.99 Å². The molecule has 0 saturated carbocycles. The number of aliphatic imine (C=N–C) groups is 1. The monoisotopic (exact) mass is 191 g/mol. The van der Waals surface area contributed by atoms with Crippen LogP contribution in [0.3, 0.4) is 0 Å². The summed E-state index contributed by atoms with van der Waals surface area (Å²) < 4.78 is 0. The fourth-order valence-electron chi connectivity index (χ4n) is 1.21. The summed E-state index contributed by atoms with van der Waals surface area (Å²) in [6.07, 6.45) is 0. The summed E-state index contributed by atoms with van der Waals surface area (Å²) in [4.78, 5) is 14.9. The van der Waals surface area contributed by atoms with Gasteiger partial charge in [-0.2, -0.15) is 0 Å². The van der Waals surface area contributed by atoms with Gasteiger partial charge in [0.25, 0.3) is 0 Å². The summed E-state index contributed by atoms with van der Waals surface area (Å²) in [6, 6.07) is 7.13. The molecule has 0 aliphatic carbocycles. The van der Waals surface area contributed by atoms with Crippen LogP contribution in [0.15, 0.2) is 29.3 Å². The molecule has 4 heteroatoms. The molecule has 0 fully saturated rings. The lowest BCUT2D eigenvalue weighted by Gasteiger charge is -1.94. The Kier molecular flexibility index (Phi) is 1.70. The van der Waals surface area contributed by atoms with E-state index in [-0.39, 0.29) is 5.71 Å². The van der Waals surface area contributed by atoms with Crippen molar-refractivity contribution in [3.8, 4) is 0 Å². The predicted octanol–water partition coefficient (Wildman–Crippen LogP) is 1.58. The Morgan fingerprint density at radius 1 is 1.38 bits per heavy atom. The second-order valence-corrected chi connectivity index (χ2v) is 3.02. The Labute approximate surface area is 79.7 Å². The normalized spacial score (nSPS) is 13.8. The number of carboxylic acids is 1. The van der Waals surface area contributed by atoms with Gasteiger partial charge in [0.2, 0.25) is 0 Å². The Balaban J connectivity index is 2.57. The molecular weight excluding hydrogens is 186 g/mol. The maximum atomic E-state index is 10.7. The zero-order valence-corrected chi connectivity index (χ0v) is 7.34. The van der Waals surface area contributed by atoms with Crippen LogP contribution >= 0.6 is 12.2 Å². The van der Waals surface area contributed by atoms with E-state index in [1.54, 1.807) is 18.2 Å². The number of carbonyl (C=O) groups is 1. The number of rotatable bonds is 1. The quantitative estimate of drug-likeness (QED) is 0.685. The largest absolute Gasteiger partial charge is 0.476 e. The molecule has 0 aromatic heterocycles. The van der Waals surface area contributed by atoms with Gasteiger partial charge in [-0.1, -0.05) is 30.4 Å². The zero-order valence-electron chi connectivity index (χ0n) is 6.52. The lowest BCUT2D eigenvalue weighted by atomic mass is 10.1. The van der Waals surface area contributed by atoms with Gasteiger partial charge < -0.3 is 5.11 Å². The van der Waals surface area contributed by atoms with E-state index >= 15 is 0 Å². The average molecular weight is 191 g/mol. The maximum Gasteiger partial charge on any atom is 0.356 e. The Morgan fingerprint density at radius 2 is 2.08 bits per heavy atom. The molecule has 0 saturated heterocycles. The summed E-state index contributed by atoms with van der Waals surface area (Å²) in [5.41, 5.74) is 1.34. The molecule has 1 N–H and O–H groups in total. The first-order valence-electron chi connectivity index (χ1n) is 3.66. The smallest absolute Gasteiger partial charge is 0.356 e. The molecule has 0 unspecified atom stereocenters. The number of benzene rings is 1. The highest BCUT2D eigenvalue weighted by molar-refractivity contribution is 7.83. The molecule has 0 radical (unpaired) electrons. The summed E-state index contributed by atoms with van der Waals surface area (Å²) in [5.74, 6) is -1.07. The number of carboxylic acid groups (broad SMARTS) is 1. The molecule has 0 atom stereocenters. The molecule has 3 nitrogen and oxygen atoms in total. The molecule has 1 aliphatic rings. The number of hydrogen-bond acceptors (Lipinski definition) is 3. The van der Waals surface area contributed by atoms with Crippen molar-refractivity contribution in [1.82, 2.24) is 0 Å². The minimum Gasteiger partial charge on any atom is -0.476 e. The van der Waals surface area contributed by atoms with Gasteiger partial charge >= 0.3 is 5.97 Å². The van der Waals surface area contributed by atoms with Crippen LogP contribution in [0.2, 0.25) is 0 Å². The molecule has 1 heterocycles. The second kappa shape index (κ2) is 2.74. The fraction of sp³-hybridized carbons (Fsp3) is 0. The second-order valence-electron chi connectivity index (χ2n) is 2.61. The van der Waals surface area contributed by atoms with Crippen molar-refractivity contribution in [2.45, 2.75) is 0 Å². The highest BCUT2D eigenvalue weighted by atomic mass is 32.1. The van der Waals surface area contributed by atoms with E-state index in [0.717, 1.165) is 5.56 Å². The number of fused-ring (bicyclic) bond motifs is 1. The van der Waals surface area contributed by atoms with Crippen LogP contribution in [0, 0.1) is 0 Å². The van der Waals surface area contributed by atoms with Crippen LogP contribution in [-0.2, 0) is 4.79 Å². The van der Waals surface area contributed by atoms with E-state index in [9.17, 15) is 4.79 Å². The zero-order chi connectivity index (χ0) is 9.42. The van der Waals surface area contributed by atoms with Crippen molar-refractivity contribution in [3.05, 3.63) is 29.8 Å². The minimum atomic E-state index is -1.07. The molecule has 64 valence electrons. The topological polar surface area (TPSA) is 49.7 Å². The molecule has 1 aromatic rings. The first-order valence-corrected chi connectivity index (χ1v) is 4.06. The van der Waals surface area contributed by atoms with Gasteiger partial charge in [-0.15, -0.1) is 0 Å². The number of hydrogen-bond donors (Lipinski definition) is 1. The van der Waals surface area contributed by atoms with E-state index in [2.05, 4.69) is 4.99 Å². The molecule has 1 aromatic carbocycles. The Bertz CT molecular complexity index is 437. The van der Waals surface area contributed by atoms with Gasteiger partial charge in [0, 0.05) is 5.56 Å². The molecule has 13 heavy (non-hydrogen) atoms. The van der Waals surface area contributed by atoms with Gasteiger partial charge in [-0.25, -0.2) is 9.79 Å². The molecule has 0 bridgehead atoms. The summed E-state index contributed by atoms with van der Waals surface area (Å²) >= 11 is 4.96. The SMILES string of the molecule is O=C(O)C1=Nc2ccccc2C1=S. The van der Waals surface area contributed by atoms with E-state index < -0.39 is 5.97 Å². The van der Waals surface area contributed by atoms with Crippen LogP contribution in [0.4, 0.5) is 5.69 Å². The highest BCUT2D eigenvalue weighted by Crippen LogP contribution is 2.26. The van der Waals surface area contributed by atoms with E-state index in [0.29, 0.717) is 10.6 Å². The van der Waals surface area contributed by atoms with Crippen LogP contribution in [0.25, 0.3) is 0 Å². The number of nitrogens with zero attached hydrogens (tertiary/aromatic N) is 1. The standard InChI is InChI=1S/C9H5NO2S/c11-9(12)7-8(13)5-3-1-2-4-6(5)10-7/h1-4H,(H,11,12). The Morgan fingerprint density at radius 3 is 2.69 bits per heavy atom. The molecule has 1 aliphatic heterocycles. The van der Waals surface area contributed by atoms with E-state index in [4.69, 9.17) is 17.3 Å². The fourth-order valence-corrected chi connectivity index (χ4v) is 1.51. The van der Waals surface area contributed by atoms with Gasteiger partial charge in [0.05, 0.1) is 10.6 Å². The Hall–Kier alpha value is -1.55. The first-order chi connectivity index (χ1) is 6.20. The van der Waals surface area contributed by atoms with Crippen molar-refractivity contribution < 1.29 is 9.90 Å². The summed E-state index contributed by atoms with van der Waals surface area (Å²) in [7, 11) is 0. The number of aliphatic carboxylic acids is 1. The van der Waals surface area contributed by atoms with Gasteiger partial charge in [-0.3, -0.25) is 0 Å². The van der Waals surface area contributed by atoms with Gasteiger partial charge in [0.15, 0.2) is 5.71 Å². The number of thiocarbonyl (C=S) groups is 1. The van der Waals surface area contributed by atoms with Gasteiger partial charge in [-0.05, 0) is 6.07 Å². The average Bonchev–Trinajstić information content (AvgIpc) is 2.45. The van der Waals surface area contributed by atoms with Crippen LogP contribution in [0.5, 0.6) is 0 Å². The molecule has 2 rings (SSSR count). The lowest BCUT2D eigenvalue weighted by molar-refractivity contribution is -0.129. The van der Waals surface area contributed by atoms with Crippen LogP contribution in [-0.4, -0.2) is 21.7 Å².